The number of halogens is 1. The summed E-state index contributed by atoms with van der Waals surface area (Å²) in [6.07, 6.45) is 0. The van der Waals surface area contributed by atoms with Crippen molar-refractivity contribution in [2.75, 3.05) is 37.9 Å². The third-order valence-electron chi connectivity index (χ3n) is 4.65. The fourth-order valence-corrected chi connectivity index (χ4v) is 3.51. The number of fused-ring (bicyclic) bond motifs is 1. The minimum atomic E-state index is -1.15. The first kappa shape index (κ1) is 16.8. The molecule has 2 aromatic carbocycles. The molecule has 0 saturated carbocycles. The molecule has 0 spiro atoms. The van der Waals surface area contributed by atoms with Gasteiger partial charge in [-0.3, -0.25) is 5.32 Å². The summed E-state index contributed by atoms with van der Waals surface area (Å²) in [7, 11) is 0. The summed E-state index contributed by atoms with van der Waals surface area (Å²) < 4.78 is 25.4. The molecule has 2 N–H and O–H groups in total. The number of hydrogen-bond donors (Lipinski definition) is 2. The van der Waals surface area contributed by atoms with E-state index in [2.05, 4.69) is 5.32 Å². The molecule has 6 nitrogen and oxygen atoms in total. The summed E-state index contributed by atoms with van der Waals surface area (Å²) in [5.74, 6) is -1.07. The molecule has 26 heavy (non-hydrogen) atoms. The summed E-state index contributed by atoms with van der Waals surface area (Å²) in [5.41, 5.74) is 2.66. The van der Waals surface area contributed by atoms with E-state index in [4.69, 9.17) is 9.47 Å². The highest BCUT2D eigenvalue weighted by atomic mass is 19.1. The second-order valence-corrected chi connectivity index (χ2v) is 6.26. The lowest BCUT2D eigenvalue weighted by Crippen LogP contribution is -2.37. The van der Waals surface area contributed by atoms with E-state index in [9.17, 15) is 14.3 Å². The van der Waals surface area contributed by atoms with Gasteiger partial charge in [0.05, 0.1) is 24.5 Å². The number of aromatic carboxylic acids is 1. The maximum atomic E-state index is 14.3. The van der Waals surface area contributed by atoms with Crippen molar-refractivity contribution in [3.05, 3.63) is 47.3 Å². The molecule has 2 aromatic rings. The molecule has 0 aromatic heterocycles. The smallest absolute Gasteiger partial charge is 0.337 e. The van der Waals surface area contributed by atoms with Gasteiger partial charge < -0.3 is 19.5 Å². The summed E-state index contributed by atoms with van der Waals surface area (Å²) in [5, 5.41) is 12.8. The van der Waals surface area contributed by atoms with Crippen LogP contribution < -0.4 is 15.0 Å². The lowest BCUT2D eigenvalue weighted by Gasteiger charge is -2.32. The van der Waals surface area contributed by atoms with Gasteiger partial charge in [0.15, 0.2) is 0 Å². The van der Waals surface area contributed by atoms with Gasteiger partial charge in [-0.2, -0.15) is 0 Å². The predicted octanol–water partition coefficient (Wildman–Crippen LogP) is 2.47. The number of anilines is 1. The average molecular weight is 358 g/mol. The number of rotatable bonds is 3. The Morgan fingerprint density at radius 3 is 2.77 bits per heavy atom. The van der Waals surface area contributed by atoms with Crippen LogP contribution in [0.2, 0.25) is 0 Å². The van der Waals surface area contributed by atoms with Crippen molar-refractivity contribution in [1.29, 1.82) is 0 Å². The van der Waals surface area contributed by atoms with Gasteiger partial charge in [0, 0.05) is 36.3 Å². The zero-order valence-corrected chi connectivity index (χ0v) is 14.1. The van der Waals surface area contributed by atoms with Gasteiger partial charge in [0.25, 0.3) is 0 Å². The van der Waals surface area contributed by atoms with Gasteiger partial charge >= 0.3 is 5.97 Å². The molecule has 2 heterocycles. The molecule has 0 aliphatic carbocycles. The second-order valence-electron chi connectivity index (χ2n) is 6.26. The quantitative estimate of drug-likeness (QED) is 0.878. The molecule has 0 radical (unpaired) electrons. The standard InChI is InChI=1S/C19H19FN2O4/c20-13-8-15(14-3-1-2-12-10-21-11-26-18(12)14)17(16(9-13)19(23)24)22-4-6-25-7-5-22/h1-3,8-9,21H,4-7,10-11H2,(H,23,24). The van der Waals surface area contributed by atoms with Crippen LogP contribution >= 0.6 is 0 Å². The molecule has 0 unspecified atom stereocenters. The minimum absolute atomic E-state index is 0.0477. The van der Waals surface area contributed by atoms with Crippen molar-refractivity contribution in [2.45, 2.75) is 6.54 Å². The van der Waals surface area contributed by atoms with Crippen LogP contribution in [0.1, 0.15) is 15.9 Å². The molecule has 2 aliphatic heterocycles. The molecule has 0 atom stereocenters. The fraction of sp³-hybridized carbons (Fsp3) is 0.316. The van der Waals surface area contributed by atoms with Crippen LogP contribution in [0.5, 0.6) is 5.75 Å². The fourth-order valence-electron chi connectivity index (χ4n) is 3.51. The van der Waals surface area contributed by atoms with Crippen molar-refractivity contribution in [3.8, 4) is 16.9 Å². The number of benzene rings is 2. The molecule has 0 bridgehead atoms. The maximum absolute atomic E-state index is 14.3. The van der Waals surface area contributed by atoms with E-state index in [0.717, 1.165) is 11.6 Å². The largest absolute Gasteiger partial charge is 0.478 e. The minimum Gasteiger partial charge on any atom is -0.478 e. The molecule has 4 rings (SSSR count). The highest BCUT2D eigenvalue weighted by Gasteiger charge is 2.26. The van der Waals surface area contributed by atoms with Gasteiger partial charge in [-0.05, 0) is 12.1 Å². The first-order valence-corrected chi connectivity index (χ1v) is 8.50. The number of carboxylic acid groups (broad SMARTS) is 1. The van der Waals surface area contributed by atoms with Crippen molar-refractivity contribution in [2.24, 2.45) is 0 Å². The summed E-state index contributed by atoms with van der Waals surface area (Å²) in [6, 6.07) is 8.12. The molecule has 136 valence electrons. The van der Waals surface area contributed by atoms with E-state index >= 15 is 0 Å². The van der Waals surface area contributed by atoms with Gasteiger partial charge in [-0.15, -0.1) is 0 Å². The van der Waals surface area contributed by atoms with Gasteiger partial charge in [-0.1, -0.05) is 18.2 Å². The Balaban J connectivity index is 1.94. The number of morpholine rings is 1. The van der Waals surface area contributed by atoms with Crippen molar-refractivity contribution in [1.82, 2.24) is 5.32 Å². The molecular weight excluding hydrogens is 339 g/mol. The number of hydrogen-bond acceptors (Lipinski definition) is 5. The lowest BCUT2D eigenvalue weighted by atomic mass is 9.95. The highest BCUT2D eigenvalue weighted by Crippen LogP contribution is 2.42. The third-order valence-corrected chi connectivity index (χ3v) is 4.65. The Morgan fingerprint density at radius 2 is 2.00 bits per heavy atom. The van der Waals surface area contributed by atoms with E-state index in [1.54, 1.807) is 0 Å². The van der Waals surface area contributed by atoms with Crippen molar-refractivity contribution < 1.29 is 23.8 Å². The maximum Gasteiger partial charge on any atom is 0.337 e. The topological polar surface area (TPSA) is 71.0 Å². The van der Waals surface area contributed by atoms with E-state index < -0.39 is 11.8 Å². The number of para-hydroxylation sites is 1. The average Bonchev–Trinajstić information content (AvgIpc) is 2.67. The SMILES string of the molecule is O=C(O)c1cc(F)cc(-c2cccc3c2OCNC3)c1N1CCOCC1. The zero-order chi connectivity index (χ0) is 18.1. The molecular formula is C19H19FN2O4. The van der Waals surface area contributed by atoms with Crippen LogP contribution in [0.3, 0.4) is 0 Å². The van der Waals surface area contributed by atoms with Crippen LogP contribution in [0, 0.1) is 5.82 Å². The number of ether oxygens (including phenoxy) is 2. The number of nitrogens with zero attached hydrogens (tertiary/aromatic N) is 1. The number of nitrogens with one attached hydrogen (secondary N) is 1. The van der Waals surface area contributed by atoms with Crippen LogP contribution in [0.15, 0.2) is 30.3 Å². The van der Waals surface area contributed by atoms with Crippen LogP contribution in [0.25, 0.3) is 11.1 Å². The van der Waals surface area contributed by atoms with Crippen LogP contribution in [-0.2, 0) is 11.3 Å². The molecule has 7 heteroatoms. The number of carboxylic acids is 1. The van der Waals surface area contributed by atoms with E-state index in [1.807, 2.05) is 23.1 Å². The molecule has 2 aliphatic rings. The Bertz CT molecular complexity index is 850. The lowest BCUT2D eigenvalue weighted by molar-refractivity contribution is 0.0695. The van der Waals surface area contributed by atoms with Crippen molar-refractivity contribution in [3.63, 3.8) is 0 Å². The molecule has 1 fully saturated rings. The normalized spacial score (nSPS) is 16.7. The highest BCUT2D eigenvalue weighted by molar-refractivity contribution is 6.00. The summed E-state index contributed by atoms with van der Waals surface area (Å²) in [4.78, 5) is 13.8. The summed E-state index contributed by atoms with van der Waals surface area (Å²) >= 11 is 0. The molecule has 0 amide bonds. The second kappa shape index (κ2) is 6.93. The van der Waals surface area contributed by atoms with E-state index in [0.29, 0.717) is 62.1 Å². The number of carbonyl (C=O) groups is 1. The Hall–Kier alpha value is -2.64. The zero-order valence-electron chi connectivity index (χ0n) is 14.1. The Labute approximate surface area is 150 Å². The van der Waals surface area contributed by atoms with E-state index in [-0.39, 0.29) is 5.56 Å². The van der Waals surface area contributed by atoms with Gasteiger partial charge in [0.1, 0.15) is 18.3 Å². The van der Waals surface area contributed by atoms with E-state index in [1.165, 1.54) is 6.07 Å². The monoisotopic (exact) mass is 358 g/mol. The first-order chi connectivity index (χ1) is 12.6. The van der Waals surface area contributed by atoms with Gasteiger partial charge in [-0.25, -0.2) is 9.18 Å². The Morgan fingerprint density at radius 1 is 1.19 bits per heavy atom. The first-order valence-electron chi connectivity index (χ1n) is 8.50. The Kier molecular flexibility index (Phi) is 4.48. The summed E-state index contributed by atoms with van der Waals surface area (Å²) in [6.45, 7) is 3.12. The molecule has 1 saturated heterocycles. The van der Waals surface area contributed by atoms with Crippen LogP contribution in [-0.4, -0.2) is 44.1 Å². The predicted molar refractivity (Wildman–Crippen MR) is 94.2 cm³/mol. The van der Waals surface area contributed by atoms with Crippen LogP contribution in [0.4, 0.5) is 10.1 Å². The third kappa shape index (κ3) is 3.00. The van der Waals surface area contributed by atoms with Gasteiger partial charge in [0.2, 0.25) is 0 Å². The van der Waals surface area contributed by atoms with Crippen molar-refractivity contribution >= 4 is 11.7 Å².